The zero-order valence-electron chi connectivity index (χ0n) is 10.4. The molecule has 1 N–H and O–H groups in total. The molecule has 0 aromatic carbocycles. The van der Waals surface area contributed by atoms with Crippen LogP contribution < -0.4 is 5.32 Å². The van der Waals surface area contributed by atoms with E-state index in [9.17, 15) is 13.2 Å². The van der Waals surface area contributed by atoms with Crippen molar-refractivity contribution in [2.75, 3.05) is 12.3 Å². The summed E-state index contributed by atoms with van der Waals surface area (Å²) in [6.07, 6.45) is 7.36. The Hall–Kier alpha value is 0.100. The Morgan fingerprint density at radius 1 is 1.24 bits per heavy atom. The van der Waals surface area contributed by atoms with E-state index in [0.717, 1.165) is 6.42 Å². The van der Waals surface area contributed by atoms with E-state index in [1.54, 1.807) is 0 Å². The fourth-order valence-corrected chi connectivity index (χ4v) is 3.04. The van der Waals surface area contributed by atoms with Gasteiger partial charge in [0.15, 0.2) is 0 Å². The van der Waals surface area contributed by atoms with Crippen molar-refractivity contribution in [2.45, 2.75) is 57.0 Å². The Morgan fingerprint density at radius 3 is 2.41 bits per heavy atom. The molecule has 1 nitrogen and oxygen atoms in total. The minimum absolute atomic E-state index is 0.0702. The number of nitrogens with one attached hydrogen (secondary N) is 1. The highest BCUT2D eigenvalue weighted by atomic mass is 32.2. The molecule has 0 spiro atoms. The molecule has 5 heteroatoms. The Morgan fingerprint density at radius 2 is 1.88 bits per heavy atom. The van der Waals surface area contributed by atoms with E-state index in [0.29, 0.717) is 18.5 Å². The summed E-state index contributed by atoms with van der Waals surface area (Å²) in [5.74, 6) is 0.789. The fourth-order valence-electron chi connectivity index (χ4n) is 2.59. The van der Waals surface area contributed by atoms with Gasteiger partial charge in [-0.3, -0.25) is 0 Å². The maximum Gasteiger partial charge on any atom is 0.441 e. The van der Waals surface area contributed by atoms with Gasteiger partial charge in [-0.2, -0.15) is 13.2 Å². The van der Waals surface area contributed by atoms with Crippen molar-refractivity contribution in [3.63, 3.8) is 0 Å². The van der Waals surface area contributed by atoms with Crippen molar-refractivity contribution in [2.24, 2.45) is 5.92 Å². The van der Waals surface area contributed by atoms with Crippen LogP contribution in [0.1, 0.15) is 45.4 Å². The Balaban J connectivity index is 2.18. The van der Waals surface area contributed by atoms with E-state index >= 15 is 0 Å². The number of hydrogen-bond donors (Lipinski definition) is 1. The monoisotopic (exact) mass is 269 g/mol. The van der Waals surface area contributed by atoms with E-state index in [1.807, 2.05) is 0 Å². The Labute approximate surface area is 106 Å². The van der Waals surface area contributed by atoms with Crippen LogP contribution in [0, 0.1) is 5.92 Å². The first-order chi connectivity index (χ1) is 8.03. The van der Waals surface area contributed by atoms with Gasteiger partial charge in [0.25, 0.3) is 0 Å². The highest BCUT2D eigenvalue weighted by molar-refractivity contribution is 8.00. The lowest BCUT2D eigenvalue weighted by Crippen LogP contribution is -2.38. The average Bonchev–Trinajstić information content (AvgIpc) is 2.29. The van der Waals surface area contributed by atoms with Crippen LogP contribution in [0.5, 0.6) is 0 Å². The lowest BCUT2D eigenvalue weighted by molar-refractivity contribution is -0.0327. The van der Waals surface area contributed by atoms with Crippen LogP contribution in [0.4, 0.5) is 13.2 Å². The summed E-state index contributed by atoms with van der Waals surface area (Å²) in [5.41, 5.74) is -4.09. The van der Waals surface area contributed by atoms with Crippen molar-refractivity contribution in [1.82, 2.24) is 5.32 Å². The van der Waals surface area contributed by atoms with Crippen molar-refractivity contribution in [3.05, 3.63) is 0 Å². The molecule has 0 radical (unpaired) electrons. The second-order valence-corrected chi connectivity index (χ2v) is 5.82. The summed E-state index contributed by atoms with van der Waals surface area (Å²) in [5, 5.41) is 3.29. The van der Waals surface area contributed by atoms with Crippen LogP contribution in [-0.4, -0.2) is 23.8 Å². The smallest absolute Gasteiger partial charge is 0.313 e. The Kier molecular flexibility index (Phi) is 6.70. The molecule has 0 aromatic rings. The Bertz CT molecular complexity index is 202. The second kappa shape index (κ2) is 7.52. The summed E-state index contributed by atoms with van der Waals surface area (Å²) in [6, 6.07) is 0.407. The average molecular weight is 269 g/mol. The molecule has 1 aliphatic carbocycles. The van der Waals surface area contributed by atoms with Gasteiger partial charge in [-0.15, -0.1) is 0 Å². The predicted octanol–water partition coefficient (Wildman–Crippen LogP) is 4.19. The van der Waals surface area contributed by atoms with E-state index in [2.05, 4.69) is 12.2 Å². The quantitative estimate of drug-likeness (QED) is 0.726. The lowest BCUT2D eigenvalue weighted by Gasteiger charge is -2.30. The van der Waals surface area contributed by atoms with Gasteiger partial charge in [0, 0.05) is 18.3 Å². The fraction of sp³-hybridized carbons (Fsp3) is 1.00. The zero-order valence-corrected chi connectivity index (χ0v) is 11.2. The number of alkyl halides is 3. The third kappa shape index (κ3) is 6.55. The predicted molar refractivity (Wildman–Crippen MR) is 67.2 cm³/mol. The SMILES string of the molecule is CCC(NCCSC(F)(F)F)C1CCCCC1. The normalized spacial score (nSPS) is 20.5. The van der Waals surface area contributed by atoms with Gasteiger partial charge in [-0.25, -0.2) is 0 Å². The summed E-state index contributed by atoms with van der Waals surface area (Å²) in [6.45, 7) is 2.57. The molecule has 0 aromatic heterocycles. The number of hydrogen-bond acceptors (Lipinski definition) is 2. The molecule has 0 bridgehead atoms. The number of thioether (sulfide) groups is 1. The first kappa shape index (κ1) is 15.2. The van der Waals surface area contributed by atoms with E-state index in [-0.39, 0.29) is 17.5 Å². The van der Waals surface area contributed by atoms with Gasteiger partial charge in [0.05, 0.1) is 0 Å². The van der Waals surface area contributed by atoms with Gasteiger partial charge in [-0.1, -0.05) is 26.2 Å². The van der Waals surface area contributed by atoms with Crippen molar-refractivity contribution in [3.8, 4) is 0 Å². The molecule has 0 heterocycles. The second-order valence-electron chi connectivity index (χ2n) is 4.66. The summed E-state index contributed by atoms with van der Waals surface area (Å²) < 4.78 is 35.9. The molecule has 1 fully saturated rings. The van der Waals surface area contributed by atoms with Gasteiger partial charge >= 0.3 is 5.51 Å². The molecule has 1 atom stereocenters. The maximum absolute atomic E-state index is 12.0. The molecule has 1 aliphatic rings. The first-order valence-corrected chi connectivity index (χ1v) is 7.45. The minimum atomic E-state index is -4.09. The van der Waals surface area contributed by atoms with E-state index in [4.69, 9.17) is 0 Å². The molecule has 102 valence electrons. The van der Waals surface area contributed by atoms with E-state index < -0.39 is 5.51 Å². The first-order valence-electron chi connectivity index (χ1n) is 6.47. The molecule has 0 amide bonds. The molecule has 1 rings (SSSR count). The van der Waals surface area contributed by atoms with Crippen LogP contribution in [0.15, 0.2) is 0 Å². The van der Waals surface area contributed by atoms with Crippen LogP contribution in [0.25, 0.3) is 0 Å². The van der Waals surface area contributed by atoms with Gasteiger partial charge in [0.2, 0.25) is 0 Å². The standard InChI is InChI=1S/C12H22F3NS/c1-2-11(10-6-4-3-5-7-10)16-8-9-17-12(13,14)15/h10-11,16H,2-9H2,1H3. The van der Waals surface area contributed by atoms with Gasteiger partial charge in [0.1, 0.15) is 0 Å². The number of rotatable bonds is 6. The van der Waals surface area contributed by atoms with Gasteiger partial charge < -0.3 is 5.32 Å². The third-order valence-corrected chi connectivity index (χ3v) is 4.17. The van der Waals surface area contributed by atoms with Gasteiger partial charge in [-0.05, 0) is 36.9 Å². The molecule has 1 unspecified atom stereocenters. The van der Waals surface area contributed by atoms with Crippen LogP contribution in [-0.2, 0) is 0 Å². The highest BCUT2D eigenvalue weighted by Gasteiger charge is 2.28. The summed E-state index contributed by atoms with van der Waals surface area (Å²) in [4.78, 5) is 0. The van der Waals surface area contributed by atoms with Crippen molar-refractivity contribution in [1.29, 1.82) is 0 Å². The molecule has 1 saturated carbocycles. The van der Waals surface area contributed by atoms with Crippen molar-refractivity contribution < 1.29 is 13.2 Å². The topological polar surface area (TPSA) is 12.0 Å². The molecular weight excluding hydrogens is 247 g/mol. The van der Waals surface area contributed by atoms with Crippen LogP contribution in [0.3, 0.4) is 0 Å². The third-order valence-electron chi connectivity index (χ3n) is 3.43. The summed E-state index contributed by atoms with van der Waals surface area (Å²) in [7, 11) is 0. The van der Waals surface area contributed by atoms with Crippen LogP contribution >= 0.6 is 11.8 Å². The highest BCUT2D eigenvalue weighted by Crippen LogP contribution is 2.30. The molecule has 0 saturated heterocycles. The lowest BCUT2D eigenvalue weighted by atomic mass is 9.83. The minimum Gasteiger partial charge on any atom is -0.313 e. The largest absolute Gasteiger partial charge is 0.441 e. The zero-order chi connectivity index (χ0) is 12.7. The maximum atomic E-state index is 12.0. The number of halogens is 3. The summed E-state index contributed by atoms with van der Waals surface area (Å²) >= 11 is 0.0702. The molecule has 0 aliphatic heterocycles. The molecular formula is C12H22F3NS. The van der Waals surface area contributed by atoms with E-state index in [1.165, 1.54) is 32.1 Å². The van der Waals surface area contributed by atoms with Crippen LogP contribution in [0.2, 0.25) is 0 Å². The van der Waals surface area contributed by atoms with Crippen molar-refractivity contribution >= 4 is 11.8 Å². The molecule has 17 heavy (non-hydrogen) atoms.